The van der Waals surface area contributed by atoms with Gasteiger partial charge < -0.3 is 9.47 Å². The number of hydrogen-bond acceptors (Lipinski definition) is 1. The van der Waals surface area contributed by atoms with E-state index >= 15 is 0 Å². The van der Waals surface area contributed by atoms with Crippen molar-refractivity contribution in [1.82, 2.24) is 4.57 Å². The summed E-state index contributed by atoms with van der Waals surface area (Å²) in [5, 5.41) is 2.57. The lowest BCUT2D eigenvalue weighted by Crippen LogP contribution is -2.21. The van der Waals surface area contributed by atoms with E-state index in [4.69, 9.17) is 0 Å². The third-order valence-electron chi connectivity index (χ3n) is 11.3. The third kappa shape index (κ3) is 5.21. The van der Waals surface area contributed by atoms with Crippen molar-refractivity contribution in [3.8, 4) is 17.5 Å². The maximum Gasteiger partial charge on any atom is 0.0541 e. The summed E-state index contributed by atoms with van der Waals surface area (Å²) in [5.41, 5.74) is 14.3. The monoisotopic (exact) mass is 666 g/mol. The summed E-state index contributed by atoms with van der Waals surface area (Å²) in [6.07, 6.45) is 23.0. The predicted molar refractivity (Wildman–Crippen MR) is 218 cm³/mol. The lowest BCUT2D eigenvalue weighted by Gasteiger charge is -2.29. The van der Waals surface area contributed by atoms with Crippen LogP contribution in [0.5, 0.6) is 0 Å². The SMILES string of the molecule is C1#CC(c2ccc(-n3c4ccccc4c4cc(C5=CC=C6C(C5)c5ccccc5N6C5=CCC(c6ccccc6)C=C5)ccc43)cc2)C/C=C\C=C/1. The minimum Gasteiger partial charge on any atom is -0.314 e. The minimum atomic E-state index is 0.205. The Morgan fingerprint density at radius 3 is 2.38 bits per heavy atom. The first-order valence-corrected chi connectivity index (χ1v) is 18.5. The number of allylic oxidation sites excluding steroid dienone is 11. The summed E-state index contributed by atoms with van der Waals surface area (Å²) in [7, 11) is 0. The van der Waals surface area contributed by atoms with E-state index in [9.17, 15) is 0 Å². The predicted octanol–water partition coefficient (Wildman–Crippen LogP) is 12.3. The highest BCUT2D eigenvalue weighted by Crippen LogP contribution is 2.52. The zero-order valence-corrected chi connectivity index (χ0v) is 29.0. The van der Waals surface area contributed by atoms with Crippen LogP contribution in [0.1, 0.15) is 59.3 Å². The van der Waals surface area contributed by atoms with Gasteiger partial charge in [0.25, 0.3) is 0 Å². The normalized spacial score (nSPS) is 21.6. The van der Waals surface area contributed by atoms with Gasteiger partial charge in [0.05, 0.1) is 11.0 Å². The number of rotatable bonds is 5. The number of nitrogens with zero attached hydrogens (tertiary/aromatic N) is 2. The molecule has 3 atom stereocenters. The molecule has 3 aliphatic carbocycles. The van der Waals surface area contributed by atoms with E-state index in [-0.39, 0.29) is 5.92 Å². The van der Waals surface area contributed by atoms with E-state index in [1.807, 2.05) is 12.2 Å². The quantitative estimate of drug-likeness (QED) is 0.166. The number of benzene rings is 5. The molecule has 0 amide bonds. The first kappa shape index (κ1) is 30.5. The summed E-state index contributed by atoms with van der Waals surface area (Å²) in [6.45, 7) is 0. The van der Waals surface area contributed by atoms with Crippen LogP contribution >= 0.6 is 0 Å². The molecule has 6 aromatic rings. The van der Waals surface area contributed by atoms with E-state index < -0.39 is 0 Å². The highest BCUT2D eigenvalue weighted by atomic mass is 15.2. The molecular weight excluding hydrogens is 629 g/mol. The van der Waals surface area contributed by atoms with Crippen molar-refractivity contribution in [2.45, 2.75) is 37.0 Å². The molecule has 3 unspecified atom stereocenters. The molecule has 4 aliphatic rings. The van der Waals surface area contributed by atoms with E-state index in [1.165, 1.54) is 72.4 Å². The van der Waals surface area contributed by atoms with Gasteiger partial charge >= 0.3 is 0 Å². The number of para-hydroxylation sites is 2. The largest absolute Gasteiger partial charge is 0.314 e. The van der Waals surface area contributed by atoms with E-state index in [0.717, 1.165) is 19.3 Å². The first-order valence-electron chi connectivity index (χ1n) is 18.5. The van der Waals surface area contributed by atoms with Gasteiger partial charge in [0.1, 0.15) is 0 Å². The van der Waals surface area contributed by atoms with Crippen LogP contribution in [-0.4, -0.2) is 4.57 Å². The Hall–Kier alpha value is -6.30. The van der Waals surface area contributed by atoms with E-state index in [0.29, 0.717) is 11.8 Å². The maximum absolute atomic E-state index is 3.42. The Balaban J connectivity index is 0.991. The fourth-order valence-electron chi connectivity index (χ4n) is 8.67. The Labute approximate surface area is 305 Å². The second-order valence-corrected chi connectivity index (χ2v) is 14.2. The van der Waals surface area contributed by atoms with E-state index in [1.54, 1.807) is 0 Å². The van der Waals surface area contributed by atoms with Gasteiger partial charge in [0, 0.05) is 51.3 Å². The summed E-state index contributed by atoms with van der Waals surface area (Å²) in [4.78, 5) is 2.50. The summed E-state index contributed by atoms with van der Waals surface area (Å²) in [5.74, 6) is 7.57. The maximum atomic E-state index is 3.42. The number of anilines is 1. The van der Waals surface area contributed by atoms with Crippen molar-refractivity contribution in [3.05, 3.63) is 210 Å². The molecule has 248 valence electrons. The van der Waals surface area contributed by atoms with Crippen LogP contribution in [0.2, 0.25) is 0 Å². The average molecular weight is 667 g/mol. The van der Waals surface area contributed by atoms with Crippen LogP contribution in [-0.2, 0) is 0 Å². The van der Waals surface area contributed by atoms with Gasteiger partial charge in [-0.1, -0.05) is 133 Å². The van der Waals surface area contributed by atoms with Gasteiger partial charge in [-0.3, -0.25) is 0 Å². The molecule has 0 fully saturated rings. The van der Waals surface area contributed by atoms with Crippen LogP contribution in [0.4, 0.5) is 5.69 Å². The molecule has 2 heterocycles. The Morgan fingerprint density at radius 1 is 0.673 bits per heavy atom. The molecular formula is C50H38N2. The van der Waals surface area contributed by atoms with Gasteiger partial charge in [0.15, 0.2) is 0 Å². The molecule has 1 aromatic heterocycles. The molecule has 52 heavy (non-hydrogen) atoms. The molecule has 0 saturated heterocycles. The van der Waals surface area contributed by atoms with Crippen molar-refractivity contribution in [1.29, 1.82) is 0 Å². The van der Waals surface area contributed by atoms with Gasteiger partial charge in [-0.05, 0) is 102 Å². The van der Waals surface area contributed by atoms with Gasteiger partial charge in [-0.2, -0.15) is 0 Å². The molecule has 2 nitrogen and oxygen atoms in total. The Bertz CT molecular complexity index is 2610. The molecule has 1 aliphatic heterocycles. The highest BCUT2D eigenvalue weighted by molar-refractivity contribution is 6.10. The molecule has 0 spiro atoms. The second-order valence-electron chi connectivity index (χ2n) is 14.2. The molecule has 5 aromatic carbocycles. The number of hydrogen-bond donors (Lipinski definition) is 0. The van der Waals surface area contributed by atoms with Crippen LogP contribution in [0, 0.1) is 11.8 Å². The zero-order valence-electron chi connectivity index (χ0n) is 29.0. The molecule has 10 rings (SSSR count). The minimum absolute atomic E-state index is 0.205. The fourth-order valence-corrected chi connectivity index (χ4v) is 8.67. The van der Waals surface area contributed by atoms with Gasteiger partial charge in [-0.25, -0.2) is 0 Å². The van der Waals surface area contributed by atoms with Crippen molar-refractivity contribution in [2.24, 2.45) is 0 Å². The van der Waals surface area contributed by atoms with Crippen molar-refractivity contribution >= 4 is 33.1 Å². The molecule has 0 saturated carbocycles. The average Bonchev–Trinajstić information content (AvgIpc) is 3.71. The summed E-state index contributed by atoms with van der Waals surface area (Å²) in [6, 6.07) is 44.8. The topological polar surface area (TPSA) is 8.17 Å². The Morgan fingerprint density at radius 2 is 1.50 bits per heavy atom. The second kappa shape index (κ2) is 12.8. The smallest absolute Gasteiger partial charge is 0.0541 e. The van der Waals surface area contributed by atoms with Gasteiger partial charge in [-0.15, -0.1) is 0 Å². The molecule has 0 radical (unpaired) electrons. The Kier molecular flexibility index (Phi) is 7.51. The van der Waals surface area contributed by atoms with Crippen molar-refractivity contribution < 1.29 is 0 Å². The summed E-state index contributed by atoms with van der Waals surface area (Å²) < 4.78 is 2.41. The number of fused-ring (bicyclic) bond motifs is 6. The highest BCUT2D eigenvalue weighted by Gasteiger charge is 2.37. The first-order chi connectivity index (χ1) is 25.8. The van der Waals surface area contributed by atoms with Crippen molar-refractivity contribution in [3.63, 3.8) is 0 Å². The molecule has 0 bridgehead atoms. The lowest BCUT2D eigenvalue weighted by molar-refractivity contribution is 0.810. The zero-order chi connectivity index (χ0) is 34.4. The van der Waals surface area contributed by atoms with Crippen molar-refractivity contribution in [2.75, 3.05) is 4.90 Å². The van der Waals surface area contributed by atoms with E-state index in [2.05, 4.69) is 185 Å². The number of aromatic nitrogens is 1. The molecule has 0 N–H and O–H groups in total. The third-order valence-corrected chi connectivity index (χ3v) is 11.3. The van der Waals surface area contributed by atoms with Crippen LogP contribution in [0.3, 0.4) is 0 Å². The van der Waals surface area contributed by atoms with Gasteiger partial charge in [0.2, 0.25) is 0 Å². The van der Waals surface area contributed by atoms with Crippen LogP contribution in [0.15, 0.2) is 187 Å². The van der Waals surface area contributed by atoms with Crippen LogP contribution in [0.25, 0.3) is 33.1 Å². The standard InChI is InChI=1S/C50H38N2/c1-2-5-13-35(14-6-3-1)37-21-27-41(28-22-37)51-47-19-11-9-17-43(47)45-33-39(25-31-49(45)51)40-26-32-50-46(34-40)44-18-10-12-20-48(44)52(50)42-29-23-38(24-30-42)36-15-7-4-8-16-36/h1-5,7-12,15-23,25-33,35,38,46H,13,24,34H2/b3-1-,5-2-. The lowest BCUT2D eigenvalue weighted by atomic mass is 9.84. The molecule has 2 heteroatoms. The van der Waals surface area contributed by atoms with Crippen LogP contribution < -0.4 is 4.90 Å². The fraction of sp³-hybridized carbons (Fsp3) is 0.120. The summed E-state index contributed by atoms with van der Waals surface area (Å²) >= 11 is 0.